The van der Waals surface area contributed by atoms with Crippen LogP contribution in [-0.4, -0.2) is 60.8 Å². The van der Waals surface area contributed by atoms with Crippen LogP contribution in [-0.2, 0) is 10.0 Å². The van der Waals surface area contributed by atoms with Gasteiger partial charge in [-0.1, -0.05) is 12.5 Å². The maximum Gasteiger partial charge on any atom is 0.254 e. The van der Waals surface area contributed by atoms with E-state index in [0.29, 0.717) is 37.6 Å². The monoisotopic (exact) mass is 401 g/mol. The van der Waals surface area contributed by atoms with Crippen molar-refractivity contribution < 1.29 is 17.9 Å². The number of benzene rings is 1. The van der Waals surface area contributed by atoms with Crippen LogP contribution >= 0.6 is 0 Å². The van der Waals surface area contributed by atoms with E-state index < -0.39 is 10.0 Å². The summed E-state index contributed by atoms with van der Waals surface area (Å²) in [6, 6.07) is 11.7. The molecule has 0 saturated carbocycles. The zero-order chi connectivity index (χ0) is 19.6. The quantitative estimate of drug-likeness (QED) is 0.767. The highest BCUT2D eigenvalue weighted by Gasteiger charge is 2.33. The Kier molecular flexibility index (Phi) is 5.32. The minimum atomic E-state index is -3.48. The van der Waals surface area contributed by atoms with E-state index in [0.717, 1.165) is 19.3 Å². The Labute approximate surface area is 165 Å². The predicted molar refractivity (Wildman–Crippen MR) is 104 cm³/mol. The topological polar surface area (TPSA) is 79.8 Å². The Balaban J connectivity index is 1.36. The highest BCUT2D eigenvalue weighted by molar-refractivity contribution is 7.89. The van der Waals surface area contributed by atoms with Crippen molar-refractivity contribution in [1.82, 2.24) is 14.2 Å². The standard InChI is InChI=1S/C20H23N3O4S/c24-20(22-14-17(15-22)27-19-6-2-3-11-21-19)16-7-9-18(10-8-16)28(25,26)23-12-4-1-5-13-23/h2-3,6-11,17H,1,4-5,12-15H2. The lowest BCUT2D eigenvalue weighted by Crippen LogP contribution is -2.56. The van der Waals surface area contributed by atoms with Gasteiger partial charge < -0.3 is 9.64 Å². The lowest BCUT2D eigenvalue weighted by Gasteiger charge is -2.38. The van der Waals surface area contributed by atoms with Gasteiger partial charge in [-0.2, -0.15) is 4.31 Å². The second-order valence-electron chi connectivity index (χ2n) is 7.11. The third kappa shape index (κ3) is 3.88. The molecule has 8 heteroatoms. The fourth-order valence-electron chi connectivity index (χ4n) is 3.47. The van der Waals surface area contributed by atoms with Crippen LogP contribution in [0.1, 0.15) is 29.6 Å². The number of ether oxygens (including phenoxy) is 1. The number of sulfonamides is 1. The molecule has 0 radical (unpaired) electrons. The largest absolute Gasteiger partial charge is 0.471 e. The molecule has 1 amide bonds. The molecule has 1 aromatic heterocycles. The van der Waals surface area contributed by atoms with Gasteiger partial charge in [-0.15, -0.1) is 0 Å². The lowest BCUT2D eigenvalue weighted by atomic mass is 10.1. The third-order valence-electron chi connectivity index (χ3n) is 5.11. The van der Waals surface area contributed by atoms with Gasteiger partial charge in [0.25, 0.3) is 5.91 Å². The van der Waals surface area contributed by atoms with Crippen molar-refractivity contribution >= 4 is 15.9 Å². The molecule has 0 bridgehead atoms. The van der Waals surface area contributed by atoms with Gasteiger partial charge >= 0.3 is 0 Å². The summed E-state index contributed by atoms with van der Waals surface area (Å²) in [7, 11) is -3.48. The molecule has 4 rings (SSSR count). The first-order chi connectivity index (χ1) is 13.5. The van der Waals surface area contributed by atoms with Crippen molar-refractivity contribution in [2.24, 2.45) is 0 Å². The van der Waals surface area contributed by atoms with Crippen LogP contribution < -0.4 is 4.74 Å². The highest BCUT2D eigenvalue weighted by Crippen LogP contribution is 2.22. The van der Waals surface area contributed by atoms with Gasteiger partial charge in [-0.05, 0) is 43.2 Å². The Hall–Kier alpha value is -2.45. The predicted octanol–water partition coefficient (Wildman–Crippen LogP) is 2.16. The number of hydrogen-bond donors (Lipinski definition) is 0. The number of nitrogens with zero attached hydrogens (tertiary/aromatic N) is 3. The fraction of sp³-hybridized carbons (Fsp3) is 0.400. The van der Waals surface area contributed by atoms with Crippen molar-refractivity contribution in [3.63, 3.8) is 0 Å². The molecule has 2 aliphatic rings. The number of carbonyl (C=O) groups excluding carboxylic acids is 1. The second-order valence-corrected chi connectivity index (χ2v) is 9.05. The number of carbonyl (C=O) groups is 1. The zero-order valence-electron chi connectivity index (χ0n) is 15.5. The van der Waals surface area contributed by atoms with Crippen molar-refractivity contribution in [2.75, 3.05) is 26.2 Å². The Morgan fingerprint density at radius 2 is 1.71 bits per heavy atom. The normalized spacial score (nSPS) is 18.5. The minimum absolute atomic E-state index is 0.0717. The molecule has 1 aromatic carbocycles. The molecule has 3 heterocycles. The van der Waals surface area contributed by atoms with Gasteiger partial charge in [-0.3, -0.25) is 4.79 Å². The molecule has 0 atom stereocenters. The number of amides is 1. The Bertz CT molecular complexity index is 920. The number of aromatic nitrogens is 1. The summed E-state index contributed by atoms with van der Waals surface area (Å²) in [6.45, 7) is 2.11. The van der Waals surface area contributed by atoms with Gasteiger partial charge in [0.2, 0.25) is 15.9 Å². The molecule has 7 nitrogen and oxygen atoms in total. The average molecular weight is 401 g/mol. The van der Waals surface area contributed by atoms with Crippen molar-refractivity contribution in [3.05, 3.63) is 54.2 Å². The van der Waals surface area contributed by atoms with Crippen LogP contribution in [0.25, 0.3) is 0 Å². The molecule has 2 saturated heterocycles. The highest BCUT2D eigenvalue weighted by atomic mass is 32.2. The molecular weight excluding hydrogens is 378 g/mol. The molecule has 28 heavy (non-hydrogen) atoms. The van der Waals surface area contributed by atoms with E-state index in [1.165, 1.54) is 16.4 Å². The number of hydrogen-bond acceptors (Lipinski definition) is 5. The van der Waals surface area contributed by atoms with Crippen molar-refractivity contribution in [3.8, 4) is 5.88 Å². The van der Waals surface area contributed by atoms with Crippen molar-refractivity contribution in [1.29, 1.82) is 0 Å². The lowest BCUT2D eigenvalue weighted by molar-refractivity contribution is 0.0160. The molecule has 0 N–H and O–H groups in total. The zero-order valence-corrected chi connectivity index (χ0v) is 16.3. The molecule has 0 unspecified atom stereocenters. The molecule has 148 valence electrons. The average Bonchev–Trinajstić information content (AvgIpc) is 2.71. The summed E-state index contributed by atoms with van der Waals surface area (Å²) in [4.78, 5) is 18.6. The van der Waals surface area contributed by atoms with Crippen LogP contribution in [0.15, 0.2) is 53.6 Å². The van der Waals surface area contributed by atoms with Gasteiger partial charge in [0.1, 0.15) is 6.10 Å². The van der Waals surface area contributed by atoms with Crippen LogP contribution in [0.4, 0.5) is 0 Å². The fourth-order valence-corrected chi connectivity index (χ4v) is 4.99. The van der Waals surface area contributed by atoms with Crippen LogP contribution in [0.5, 0.6) is 5.88 Å². The number of piperidine rings is 1. The molecule has 2 aromatic rings. The van der Waals surface area contributed by atoms with Crippen LogP contribution in [0.3, 0.4) is 0 Å². The maximum absolute atomic E-state index is 12.7. The first kappa shape index (κ1) is 18.9. The molecule has 0 spiro atoms. The van der Waals surface area contributed by atoms with E-state index in [-0.39, 0.29) is 16.9 Å². The number of likely N-dealkylation sites (tertiary alicyclic amines) is 1. The summed E-state index contributed by atoms with van der Waals surface area (Å²) < 4.78 is 32.6. The number of pyridine rings is 1. The second kappa shape index (κ2) is 7.89. The summed E-state index contributed by atoms with van der Waals surface area (Å²) in [5.74, 6) is 0.426. The first-order valence-corrected chi connectivity index (χ1v) is 11.0. The first-order valence-electron chi connectivity index (χ1n) is 9.51. The molecule has 2 fully saturated rings. The SMILES string of the molecule is O=C(c1ccc(S(=O)(=O)N2CCCCC2)cc1)N1CC(Oc2ccccn2)C1. The summed E-state index contributed by atoms with van der Waals surface area (Å²) in [5.41, 5.74) is 0.480. The summed E-state index contributed by atoms with van der Waals surface area (Å²) in [5, 5.41) is 0. The van der Waals surface area contributed by atoms with Gasteiger partial charge in [0.05, 0.1) is 18.0 Å². The van der Waals surface area contributed by atoms with E-state index in [9.17, 15) is 13.2 Å². The van der Waals surface area contributed by atoms with Crippen LogP contribution in [0, 0.1) is 0 Å². The summed E-state index contributed by atoms with van der Waals surface area (Å²) >= 11 is 0. The molecule has 2 aliphatic heterocycles. The Morgan fingerprint density at radius 1 is 1.00 bits per heavy atom. The van der Waals surface area contributed by atoms with E-state index in [2.05, 4.69) is 4.98 Å². The van der Waals surface area contributed by atoms with Gasteiger partial charge in [-0.25, -0.2) is 13.4 Å². The number of rotatable bonds is 5. The van der Waals surface area contributed by atoms with E-state index in [4.69, 9.17) is 4.74 Å². The third-order valence-corrected chi connectivity index (χ3v) is 7.03. The Morgan fingerprint density at radius 3 is 2.36 bits per heavy atom. The van der Waals surface area contributed by atoms with E-state index in [1.54, 1.807) is 29.3 Å². The van der Waals surface area contributed by atoms with E-state index >= 15 is 0 Å². The van der Waals surface area contributed by atoms with Crippen molar-refractivity contribution in [2.45, 2.75) is 30.3 Å². The van der Waals surface area contributed by atoms with Gasteiger partial charge in [0.15, 0.2) is 0 Å². The minimum Gasteiger partial charge on any atom is -0.471 e. The molecule has 0 aliphatic carbocycles. The molecular formula is C20H23N3O4S. The van der Waals surface area contributed by atoms with Gasteiger partial charge in [0, 0.05) is 30.9 Å². The van der Waals surface area contributed by atoms with E-state index in [1.807, 2.05) is 12.1 Å². The smallest absolute Gasteiger partial charge is 0.254 e. The maximum atomic E-state index is 12.7. The summed E-state index contributed by atoms with van der Waals surface area (Å²) in [6.07, 6.45) is 4.45. The van der Waals surface area contributed by atoms with Crippen LogP contribution in [0.2, 0.25) is 0 Å².